The van der Waals surface area contributed by atoms with E-state index in [0.717, 1.165) is 25.2 Å². The molecule has 1 aromatic heterocycles. The number of likely N-dealkylation sites (tertiary alicyclic amines) is 1. The molecule has 0 spiro atoms. The lowest BCUT2D eigenvalue weighted by Crippen LogP contribution is -2.33. The van der Waals surface area contributed by atoms with Crippen molar-refractivity contribution in [2.24, 2.45) is 0 Å². The maximum Gasteiger partial charge on any atom is 0.339 e. The van der Waals surface area contributed by atoms with E-state index in [-0.39, 0.29) is 11.6 Å². The number of carboxylic acid groups (broad SMARTS) is 1. The van der Waals surface area contributed by atoms with Crippen LogP contribution < -0.4 is 4.74 Å². The van der Waals surface area contributed by atoms with Gasteiger partial charge in [-0.3, -0.25) is 4.90 Å². The number of aromatic nitrogens is 2. The summed E-state index contributed by atoms with van der Waals surface area (Å²) in [4.78, 5) is 22.1. The van der Waals surface area contributed by atoms with Gasteiger partial charge >= 0.3 is 12.0 Å². The number of ether oxygens (including phenoxy) is 1. The third kappa shape index (κ3) is 4.08. The second kappa shape index (κ2) is 7.88. The van der Waals surface area contributed by atoms with Crippen LogP contribution in [-0.4, -0.2) is 52.2 Å². The normalized spacial score (nSPS) is 15.2. The predicted octanol–water partition coefficient (Wildman–Crippen LogP) is 2.71. The Morgan fingerprint density at radius 3 is 2.62 bits per heavy atom. The van der Waals surface area contributed by atoms with Crippen LogP contribution in [0.3, 0.4) is 0 Å². The number of rotatable bonds is 6. The van der Waals surface area contributed by atoms with Gasteiger partial charge in [0.15, 0.2) is 0 Å². The van der Waals surface area contributed by atoms with Gasteiger partial charge in [-0.1, -0.05) is 36.8 Å². The van der Waals surface area contributed by atoms with E-state index < -0.39 is 5.97 Å². The molecule has 0 radical (unpaired) electrons. The van der Waals surface area contributed by atoms with Gasteiger partial charge in [0.05, 0.1) is 5.69 Å². The van der Waals surface area contributed by atoms with Gasteiger partial charge in [-0.05, 0) is 25.9 Å². The van der Waals surface area contributed by atoms with E-state index in [2.05, 4.69) is 14.9 Å². The van der Waals surface area contributed by atoms with Crippen molar-refractivity contribution in [3.05, 3.63) is 42.1 Å². The Labute approximate surface area is 141 Å². The summed E-state index contributed by atoms with van der Waals surface area (Å²) >= 11 is 0. The highest BCUT2D eigenvalue weighted by Gasteiger charge is 2.16. The Morgan fingerprint density at radius 2 is 1.92 bits per heavy atom. The minimum absolute atomic E-state index is 0.0737. The summed E-state index contributed by atoms with van der Waals surface area (Å²) in [6.45, 7) is 3.56. The summed E-state index contributed by atoms with van der Waals surface area (Å²) in [6.07, 6.45) is 5.09. The molecule has 1 N–H and O–H groups in total. The van der Waals surface area contributed by atoms with Gasteiger partial charge < -0.3 is 9.84 Å². The lowest BCUT2D eigenvalue weighted by Gasteiger charge is -2.25. The molecule has 2 aromatic rings. The van der Waals surface area contributed by atoms with Gasteiger partial charge in [0.1, 0.15) is 12.2 Å². The van der Waals surface area contributed by atoms with Gasteiger partial charge in [0.25, 0.3) is 0 Å². The number of hydrogen-bond donors (Lipinski definition) is 1. The summed E-state index contributed by atoms with van der Waals surface area (Å²) in [5.74, 6) is -1.05. The Morgan fingerprint density at radius 1 is 1.17 bits per heavy atom. The van der Waals surface area contributed by atoms with Crippen molar-refractivity contribution in [3.63, 3.8) is 0 Å². The fourth-order valence-electron chi connectivity index (χ4n) is 2.86. The number of aromatic carboxylic acids is 1. The number of carboxylic acids is 1. The molecule has 1 fully saturated rings. The highest BCUT2D eigenvalue weighted by molar-refractivity contribution is 5.94. The molecule has 0 atom stereocenters. The molecule has 2 heterocycles. The fraction of sp³-hybridized carbons (Fsp3) is 0.389. The molecule has 0 bridgehead atoms. The third-order valence-electron chi connectivity index (χ3n) is 4.13. The number of carbonyl (C=O) groups is 1. The maximum atomic E-state index is 11.4. The van der Waals surface area contributed by atoms with Gasteiger partial charge in [-0.25, -0.2) is 9.78 Å². The van der Waals surface area contributed by atoms with Crippen LogP contribution in [0.5, 0.6) is 6.01 Å². The summed E-state index contributed by atoms with van der Waals surface area (Å²) in [5.41, 5.74) is 1.19. The molecule has 6 nitrogen and oxygen atoms in total. The molecular formula is C18H21N3O3. The maximum absolute atomic E-state index is 11.4. The van der Waals surface area contributed by atoms with Gasteiger partial charge in [0, 0.05) is 18.3 Å². The van der Waals surface area contributed by atoms with E-state index in [4.69, 9.17) is 4.74 Å². The van der Waals surface area contributed by atoms with Crippen LogP contribution in [0.15, 0.2) is 36.5 Å². The van der Waals surface area contributed by atoms with E-state index in [1.165, 1.54) is 25.5 Å². The van der Waals surface area contributed by atoms with Crippen molar-refractivity contribution in [1.82, 2.24) is 14.9 Å². The fourth-order valence-corrected chi connectivity index (χ4v) is 2.86. The molecule has 0 unspecified atom stereocenters. The molecule has 24 heavy (non-hydrogen) atoms. The van der Waals surface area contributed by atoms with Crippen molar-refractivity contribution >= 4 is 5.97 Å². The summed E-state index contributed by atoms with van der Waals surface area (Å²) in [7, 11) is 0. The summed E-state index contributed by atoms with van der Waals surface area (Å²) < 4.78 is 5.65. The molecule has 1 aliphatic heterocycles. The molecule has 1 saturated heterocycles. The predicted molar refractivity (Wildman–Crippen MR) is 90.2 cm³/mol. The molecule has 0 aliphatic carbocycles. The SMILES string of the molecule is O=C(O)c1cnc(OCCN2CCCCC2)nc1-c1ccccc1. The van der Waals surface area contributed by atoms with Crippen molar-refractivity contribution < 1.29 is 14.6 Å². The lowest BCUT2D eigenvalue weighted by atomic mass is 10.1. The van der Waals surface area contributed by atoms with E-state index in [0.29, 0.717) is 12.3 Å². The minimum Gasteiger partial charge on any atom is -0.478 e. The summed E-state index contributed by atoms with van der Waals surface area (Å²) in [5, 5.41) is 9.34. The van der Waals surface area contributed by atoms with Crippen molar-refractivity contribution in [2.75, 3.05) is 26.2 Å². The van der Waals surface area contributed by atoms with Crippen LogP contribution in [0.2, 0.25) is 0 Å². The number of benzene rings is 1. The topological polar surface area (TPSA) is 75.6 Å². The minimum atomic E-state index is -1.05. The average Bonchev–Trinajstić information content (AvgIpc) is 2.63. The van der Waals surface area contributed by atoms with Crippen LogP contribution in [0.25, 0.3) is 11.3 Å². The molecular weight excluding hydrogens is 306 g/mol. The average molecular weight is 327 g/mol. The van der Waals surface area contributed by atoms with Crippen LogP contribution in [-0.2, 0) is 0 Å². The Kier molecular flexibility index (Phi) is 5.38. The number of nitrogens with zero attached hydrogens (tertiary/aromatic N) is 3. The van der Waals surface area contributed by atoms with Crippen LogP contribution in [0.4, 0.5) is 0 Å². The first kappa shape index (κ1) is 16.4. The zero-order chi connectivity index (χ0) is 16.8. The first-order valence-corrected chi connectivity index (χ1v) is 8.25. The molecule has 0 amide bonds. The quantitative estimate of drug-likeness (QED) is 0.879. The second-order valence-electron chi connectivity index (χ2n) is 5.84. The standard InChI is InChI=1S/C18H21N3O3/c22-17(23)15-13-19-18(20-16(15)14-7-3-1-4-8-14)24-12-11-21-9-5-2-6-10-21/h1,3-4,7-8,13H,2,5-6,9-12H2,(H,22,23). The molecule has 0 saturated carbocycles. The number of hydrogen-bond acceptors (Lipinski definition) is 5. The van der Waals surface area contributed by atoms with E-state index in [9.17, 15) is 9.90 Å². The third-order valence-corrected chi connectivity index (χ3v) is 4.13. The molecule has 1 aliphatic rings. The first-order valence-electron chi connectivity index (χ1n) is 8.25. The Bertz CT molecular complexity index is 685. The highest BCUT2D eigenvalue weighted by atomic mass is 16.5. The number of piperidine rings is 1. The largest absolute Gasteiger partial charge is 0.478 e. The zero-order valence-corrected chi connectivity index (χ0v) is 13.5. The zero-order valence-electron chi connectivity index (χ0n) is 13.5. The summed E-state index contributed by atoms with van der Waals surface area (Å²) in [6, 6.07) is 9.44. The van der Waals surface area contributed by atoms with E-state index in [1.807, 2.05) is 30.3 Å². The van der Waals surface area contributed by atoms with Gasteiger partial charge in [-0.2, -0.15) is 4.98 Å². The Hall–Kier alpha value is -2.47. The van der Waals surface area contributed by atoms with Crippen molar-refractivity contribution in [1.29, 1.82) is 0 Å². The molecule has 126 valence electrons. The molecule has 3 rings (SSSR count). The van der Waals surface area contributed by atoms with Crippen molar-refractivity contribution in [2.45, 2.75) is 19.3 Å². The monoisotopic (exact) mass is 327 g/mol. The van der Waals surface area contributed by atoms with Crippen LogP contribution in [0, 0.1) is 0 Å². The highest BCUT2D eigenvalue weighted by Crippen LogP contribution is 2.22. The second-order valence-corrected chi connectivity index (χ2v) is 5.84. The van der Waals surface area contributed by atoms with Crippen LogP contribution >= 0.6 is 0 Å². The van der Waals surface area contributed by atoms with Gasteiger partial charge in [0.2, 0.25) is 0 Å². The smallest absolute Gasteiger partial charge is 0.339 e. The molecule has 1 aromatic carbocycles. The van der Waals surface area contributed by atoms with E-state index >= 15 is 0 Å². The van der Waals surface area contributed by atoms with Crippen molar-refractivity contribution in [3.8, 4) is 17.3 Å². The molecule has 6 heteroatoms. The van der Waals surface area contributed by atoms with Gasteiger partial charge in [-0.15, -0.1) is 0 Å². The first-order chi connectivity index (χ1) is 11.7. The van der Waals surface area contributed by atoms with Crippen LogP contribution in [0.1, 0.15) is 29.6 Å². The lowest BCUT2D eigenvalue weighted by molar-refractivity contribution is 0.0696. The van der Waals surface area contributed by atoms with E-state index in [1.54, 1.807) is 0 Å². The Balaban J connectivity index is 1.71.